The van der Waals surface area contributed by atoms with Crippen molar-refractivity contribution >= 4 is 43.1 Å². The SMILES string of the molecule is Cc1ccc2c3c(C)ccc4cccc(c5c(C)cc(C)c1c25)c43. The number of hydrogen-bond donors (Lipinski definition) is 0. The highest BCUT2D eigenvalue weighted by Gasteiger charge is 2.17. The second-order valence-corrected chi connectivity index (χ2v) is 7.23. The summed E-state index contributed by atoms with van der Waals surface area (Å²) in [4.78, 5) is 0. The topological polar surface area (TPSA) is 0 Å². The third kappa shape index (κ3) is 1.54. The molecule has 0 heteroatoms. The van der Waals surface area contributed by atoms with Gasteiger partial charge in [-0.1, -0.05) is 48.5 Å². The van der Waals surface area contributed by atoms with Crippen LogP contribution < -0.4 is 0 Å². The lowest BCUT2D eigenvalue weighted by atomic mass is 9.84. The van der Waals surface area contributed by atoms with Gasteiger partial charge in [0, 0.05) is 0 Å². The van der Waals surface area contributed by atoms with Crippen LogP contribution in [0, 0.1) is 27.7 Å². The normalized spacial score (nSPS) is 12.2. The molecule has 0 aliphatic rings. The van der Waals surface area contributed by atoms with Crippen LogP contribution in [0.5, 0.6) is 0 Å². The van der Waals surface area contributed by atoms with Gasteiger partial charge in [-0.15, -0.1) is 0 Å². The van der Waals surface area contributed by atoms with E-state index < -0.39 is 0 Å². The van der Waals surface area contributed by atoms with Gasteiger partial charge in [0.1, 0.15) is 0 Å². The van der Waals surface area contributed by atoms with Crippen molar-refractivity contribution in [3.05, 3.63) is 70.8 Å². The average Bonchev–Trinajstić information content (AvgIpc) is 2.56. The Morgan fingerprint density at radius 1 is 0.458 bits per heavy atom. The van der Waals surface area contributed by atoms with Crippen LogP contribution in [0.25, 0.3) is 43.1 Å². The van der Waals surface area contributed by atoms with Gasteiger partial charge in [-0.3, -0.25) is 0 Å². The van der Waals surface area contributed by atoms with Crippen molar-refractivity contribution in [3.63, 3.8) is 0 Å². The van der Waals surface area contributed by atoms with Crippen LogP contribution in [0.15, 0.2) is 48.5 Å². The zero-order valence-electron chi connectivity index (χ0n) is 14.6. The smallest absolute Gasteiger partial charge is 0.00183 e. The summed E-state index contributed by atoms with van der Waals surface area (Å²) in [6.45, 7) is 8.98. The molecule has 0 spiro atoms. The van der Waals surface area contributed by atoms with E-state index in [1.807, 2.05) is 0 Å². The van der Waals surface area contributed by atoms with E-state index in [2.05, 4.69) is 76.2 Å². The molecule has 0 saturated heterocycles. The standard InChI is InChI=1S/C24H20/c1-13-9-11-19-21-14(2)8-10-17-6-5-7-18(23(17)21)22-16(4)12-15(3)20(13)24(19)22/h5-12H,1-4H3. The van der Waals surface area contributed by atoms with Crippen molar-refractivity contribution in [1.82, 2.24) is 0 Å². The predicted octanol–water partition coefficient (Wildman–Crippen LogP) is 6.97. The molecular weight excluding hydrogens is 288 g/mol. The highest BCUT2D eigenvalue weighted by molar-refractivity contribution is 6.34. The van der Waals surface area contributed by atoms with E-state index in [9.17, 15) is 0 Å². The molecule has 0 aromatic heterocycles. The zero-order chi connectivity index (χ0) is 16.6. The van der Waals surface area contributed by atoms with Gasteiger partial charge in [0.25, 0.3) is 0 Å². The maximum absolute atomic E-state index is 2.36. The van der Waals surface area contributed by atoms with E-state index in [1.165, 1.54) is 65.3 Å². The van der Waals surface area contributed by atoms with Gasteiger partial charge in [-0.05, 0) is 93.0 Å². The molecule has 5 aromatic rings. The molecule has 0 nitrogen and oxygen atoms in total. The average molecular weight is 308 g/mol. The molecule has 0 bridgehead atoms. The van der Waals surface area contributed by atoms with Crippen LogP contribution in [-0.4, -0.2) is 0 Å². The van der Waals surface area contributed by atoms with Gasteiger partial charge in [-0.2, -0.15) is 0 Å². The minimum absolute atomic E-state index is 1.34. The van der Waals surface area contributed by atoms with Crippen molar-refractivity contribution in [3.8, 4) is 0 Å². The first-order valence-electron chi connectivity index (χ1n) is 8.64. The third-order valence-corrected chi connectivity index (χ3v) is 5.68. The Morgan fingerprint density at radius 3 is 1.92 bits per heavy atom. The summed E-state index contributed by atoms with van der Waals surface area (Å²) in [5.41, 5.74) is 5.50. The van der Waals surface area contributed by atoms with E-state index in [-0.39, 0.29) is 0 Å². The lowest BCUT2D eigenvalue weighted by Gasteiger charge is -2.19. The molecule has 0 N–H and O–H groups in total. The second kappa shape index (κ2) is 4.48. The van der Waals surface area contributed by atoms with Gasteiger partial charge in [0.05, 0.1) is 0 Å². The van der Waals surface area contributed by atoms with Crippen molar-refractivity contribution in [1.29, 1.82) is 0 Å². The molecule has 24 heavy (non-hydrogen) atoms. The molecular formula is C24H20. The van der Waals surface area contributed by atoms with Gasteiger partial charge in [0.15, 0.2) is 0 Å². The Bertz CT molecular complexity index is 1270. The highest BCUT2D eigenvalue weighted by atomic mass is 14.2. The summed E-state index contributed by atoms with van der Waals surface area (Å²) in [6.07, 6.45) is 0. The van der Waals surface area contributed by atoms with E-state index in [0.717, 1.165) is 0 Å². The Balaban J connectivity index is 2.32. The Labute approximate surface area is 142 Å². The quantitative estimate of drug-likeness (QED) is 0.214. The van der Waals surface area contributed by atoms with Crippen LogP contribution in [0.3, 0.4) is 0 Å². The summed E-state index contributed by atoms with van der Waals surface area (Å²) in [5, 5.41) is 11.3. The number of benzene rings is 5. The van der Waals surface area contributed by atoms with Crippen LogP contribution in [-0.2, 0) is 0 Å². The second-order valence-electron chi connectivity index (χ2n) is 7.23. The fourth-order valence-corrected chi connectivity index (χ4v) is 4.74. The molecule has 0 unspecified atom stereocenters. The van der Waals surface area contributed by atoms with E-state index in [4.69, 9.17) is 0 Å². The van der Waals surface area contributed by atoms with Crippen LogP contribution >= 0.6 is 0 Å². The zero-order valence-corrected chi connectivity index (χ0v) is 14.6. The molecule has 0 fully saturated rings. The summed E-state index contributed by atoms with van der Waals surface area (Å²) >= 11 is 0. The number of rotatable bonds is 0. The molecule has 116 valence electrons. The molecule has 0 amide bonds. The Kier molecular flexibility index (Phi) is 2.58. The van der Waals surface area contributed by atoms with Crippen molar-refractivity contribution in [2.45, 2.75) is 27.7 Å². The van der Waals surface area contributed by atoms with E-state index in [1.54, 1.807) is 0 Å². The van der Waals surface area contributed by atoms with Crippen molar-refractivity contribution < 1.29 is 0 Å². The maximum Gasteiger partial charge on any atom is -0.00183 e. The monoisotopic (exact) mass is 308 g/mol. The lowest BCUT2D eigenvalue weighted by molar-refractivity contribution is 1.43. The van der Waals surface area contributed by atoms with Crippen LogP contribution in [0.4, 0.5) is 0 Å². The fourth-order valence-electron chi connectivity index (χ4n) is 4.74. The minimum atomic E-state index is 1.34. The van der Waals surface area contributed by atoms with E-state index in [0.29, 0.717) is 0 Å². The van der Waals surface area contributed by atoms with Crippen LogP contribution in [0.2, 0.25) is 0 Å². The molecule has 0 heterocycles. The highest BCUT2D eigenvalue weighted by Crippen LogP contribution is 2.44. The summed E-state index contributed by atoms with van der Waals surface area (Å²) in [5.74, 6) is 0. The van der Waals surface area contributed by atoms with Crippen molar-refractivity contribution in [2.75, 3.05) is 0 Å². The summed E-state index contributed by atoms with van der Waals surface area (Å²) < 4.78 is 0. The van der Waals surface area contributed by atoms with Gasteiger partial charge >= 0.3 is 0 Å². The maximum atomic E-state index is 2.36. The molecule has 5 rings (SSSR count). The molecule has 0 saturated carbocycles. The van der Waals surface area contributed by atoms with E-state index >= 15 is 0 Å². The van der Waals surface area contributed by atoms with Crippen molar-refractivity contribution in [2.24, 2.45) is 0 Å². The van der Waals surface area contributed by atoms with Gasteiger partial charge in [0.2, 0.25) is 0 Å². The molecule has 0 radical (unpaired) electrons. The lowest BCUT2D eigenvalue weighted by Crippen LogP contribution is -1.94. The third-order valence-electron chi connectivity index (χ3n) is 5.68. The molecule has 5 aromatic carbocycles. The first-order chi connectivity index (χ1) is 11.6. The minimum Gasteiger partial charge on any atom is -0.0610 e. The largest absolute Gasteiger partial charge is 0.0610 e. The summed E-state index contributed by atoms with van der Waals surface area (Å²) in [7, 11) is 0. The molecule has 0 atom stereocenters. The first kappa shape index (κ1) is 13.8. The predicted molar refractivity (Wildman–Crippen MR) is 107 cm³/mol. The van der Waals surface area contributed by atoms with Gasteiger partial charge < -0.3 is 0 Å². The molecule has 0 aliphatic heterocycles. The summed E-state index contributed by atoms with van der Waals surface area (Å²) in [6, 6.07) is 18.2. The molecule has 0 aliphatic carbocycles. The number of aryl methyl sites for hydroxylation is 4. The van der Waals surface area contributed by atoms with Gasteiger partial charge in [-0.25, -0.2) is 0 Å². The Morgan fingerprint density at radius 2 is 1.08 bits per heavy atom. The number of fused-ring (bicyclic) bond motifs is 2. The first-order valence-corrected chi connectivity index (χ1v) is 8.64. The van der Waals surface area contributed by atoms with Crippen LogP contribution in [0.1, 0.15) is 22.3 Å². The number of hydrogen-bond acceptors (Lipinski definition) is 0. The fraction of sp³-hybridized carbons (Fsp3) is 0.167. The Hall–Kier alpha value is -2.60.